The van der Waals surface area contributed by atoms with Gasteiger partial charge >= 0.3 is 0 Å². The molecule has 3 rings (SSSR count). The normalized spacial score (nSPS) is 11.9. The summed E-state index contributed by atoms with van der Waals surface area (Å²) in [5.74, 6) is -0.874. The lowest BCUT2D eigenvalue weighted by Gasteiger charge is -2.08. The van der Waals surface area contributed by atoms with Crippen LogP contribution >= 0.6 is 0 Å². The van der Waals surface area contributed by atoms with Crippen molar-refractivity contribution in [1.29, 1.82) is 0 Å². The number of aryl methyl sites for hydroxylation is 1. The highest BCUT2D eigenvalue weighted by Crippen LogP contribution is 2.21. The Bertz CT molecular complexity index is 1280. The second-order valence-corrected chi connectivity index (χ2v) is 8.34. The van der Waals surface area contributed by atoms with Crippen molar-refractivity contribution in [2.75, 3.05) is 39.3 Å². The van der Waals surface area contributed by atoms with E-state index in [1.54, 1.807) is 40.3 Å². The molecule has 0 spiro atoms. The van der Waals surface area contributed by atoms with Crippen molar-refractivity contribution in [3.8, 4) is 11.3 Å². The minimum Gasteiger partial charge on any atom is -0.383 e. The number of hydrogen-bond donors (Lipinski definition) is 2. The molecule has 0 aliphatic rings. The zero-order valence-electron chi connectivity index (χ0n) is 23.2. The second kappa shape index (κ2) is 16.8. The fraction of sp³-hybridized carbons (Fsp3) is 0.300. The highest BCUT2D eigenvalue weighted by molar-refractivity contribution is 6.00. The summed E-state index contributed by atoms with van der Waals surface area (Å²) in [6, 6.07) is 14.1. The number of nitrogens with zero attached hydrogens (tertiary/aromatic N) is 3. The fourth-order valence-corrected chi connectivity index (χ4v) is 3.37. The number of allylic oxidation sites excluding steroid dienone is 2. The summed E-state index contributed by atoms with van der Waals surface area (Å²) < 4.78 is 37.0. The number of rotatable bonds is 12. The maximum atomic E-state index is 13.6. The average Bonchev–Trinajstić information content (AvgIpc) is 3.43. The molecule has 0 saturated carbocycles. The van der Waals surface area contributed by atoms with Gasteiger partial charge in [0.15, 0.2) is 11.6 Å². The Labute approximate surface area is 229 Å². The fourth-order valence-electron chi connectivity index (χ4n) is 3.37. The molecular weight excluding hydrogens is 500 g/mol. The minimum absolute atomic E-state index is 0.139. The molecule has 2 aromatic carbocycles. The van der Waals surface area contributed by atoms with Crippen molar-refractivity contribution in [2.45, 2.75) is 27.2 Å². The third-order valence-corrected chi connectivity index (χ3v) is 5.51. The smallest absolute Gasteiger partial charge is 0.167 e. The molecule has 0 amide bonds. The number of aliphatic imine (C=N–C) groups is 2. The number of anilines is 1. The van der Waals surface area contributed by atoms with Crippen LogP contribution < -0.4 is 10.6 Å². The van der Waals surface area contributed by atoms with E-state index < -0.39 is 11.6 Å². The molecule has 0 aliphatic heterocycles. The lowest BCUT2D eigenvalue weighted by atomic mass is 10.1. The summed E-state index contributed by atoms with van der Waals surface area (Å²) in [4.78, 5) is 8.11. The predicted octanol–water partition coefficient (Wildman–Crippen LogP) is 6.44. The first-order valence-corrected chi connectivity index (χ1v) is 12.6. The van der Waals surface area contributed by atoms with E-state index in [2.05, 4.69) is 32.4 Å². The van der Waals surface area contributed by atoms with E-state index in [1.807, 2.05) is 37.3 Å². The Kier molecular flexibility index (Phi) is 13.5. The van der Waals surface area contributed by atoms with E-state index in [-0.39, 0.29) is 5.56 Å². The Balaban J connectivity index is 0.000000274. The quantitative estimate of drug-likeness (QED) is 0.120. The van der Waals surface area contributed by atoms with Gasteiger partial charge in [0, 0.05) is 67.5 Å². The van der Waals surface area contributed by atoms with Gasteiger partial charge in [0.05, 0.1) is 19.0 Å². The van der Waals surface area contributed by atoms with Crippen LogP contribution in [-0.4, -0.2) is 51.1 Å². The van der Waals surface area contributed by atoms with Gasteiger partial charge in [-0.25, -0.2) is 8.78 Å². The van der Waals surface area contributed by atoms with E-state index in [1.165, 1.54) is 12.1 Å². The number of ether oxygens (including phenoxy) is 1. The summed E-state index contributed by atoms with van der Waals surface area (Å²) in [5, 5.41) is 10.6. The average molecular weight is 538 g/mol. The van der Waals surface area contributed by atoms with Crippen molar-refractivity contribution < 1.29 is 18.0 Å². The lowest BCUT2D eigenvalue weighted by molar-refractivity contribution is 0.200. The highest BCUT2D eigenvalue weighted by atomic mass is 19.2. The standard InChI is InChI=1S/C15H16F2N2.C15H21N3O2/c1-5-14(10(2)9-18-4)19-11(3)12-7-6-8-13(16)15(12)17;1-3-14-10-15(18-20-14)12-4-6-13(7-5-12)17-11-16-8-9-19-2/h5-9H,2H2,1,3-4H3;4-7,10,16-17H,3,8-9,11H2,1-2H3/b14-5+,18-9?,19-11?;. The molecule has 0 fully saturated rings. The van der Waals surface area contributed by atoms with Gasteiger partial charge in [-0.1, -0.05) is 42.9 Å². The molecule has 0 atom stereocenters. The summed E-state index contributed by atoms with van der Waals surface area (Å²) in [5.41, 5.74) is 4.72. The third-order valence-electron chi connectivity index (χ3n) is 5.51. The second-order valence-electron chi connectivity index (χ2n) is 8.34. The van der Waals surface area contributed by atoms with Crippen LogP contribution in [0.15, 0.2) is 87.0 Å². The Morgan fingerprint density at radius 1 is 1.18 bits per heavy atom. The van der Waals surface area contributed by atoms with E-state index >= 15 is 0 Å². The maximum absolute atomic E-state index is 13.6. The van der Waals surface area contributed by atoms with Crippen LogP contribution in [0.3, 0.4) is 0 Å². The molecule has 0 saturated heterocycles. The van der Waals surface area contributed by atoms with Crippen LogP contribution in [-0.2, 0) is 11.2 Å². The first kappa shape index (κ1) is 31.3. The van der Waals surface area contributed by atoms with Crippen molar-refractivity contribution >= 4 is 17.6 Å². The largest absolute Gasteiger partial charge is 0.383 e. The Hall–Kier alpha value is -3.95. The van der Waals surface area contributed by atoms with Gasteiger partial charge in [-0.15, -0.1) is 0 Å². The van der Waals surface area contributed by atoms with Gasteiger partial charge in [-0.05, 0) is 38.1 Å². The monoisotopic (exact) mass is 537 g/mol. The van der Waals surface area contributed by atoms with E-state index in [9.17, 15) is 8.78 Å². The van der Waals surface area contributed by atoms with Crippen LogP contribution in [0.25, 0.3) is 11.3 Å². The molecule has 3 aromatic rings. The number of aromatic nitrogens is 1. The van der Waals surface area contributed by atoms with Gasteiger partial charge < -0.3 is 14.6 Å². The van der Waals surface area contributed by atoms with Crippen LogP contribution in [0, 0.1) is 11.6 Å². The molecular formula is C30H37F2N5O2. The topological polar surface area (TPSA) is 84.0 Å². The molecule has 0 unspecified atom stereocenters. The van der Waals surface area contributed by atoms with Crippen LogP contribution in [0.1, 0.15) is 32.1 Å². The lowest BCUT2D eigenvalue weighted by Crippen LogP contribution is -2.25. The molecule has 0 aliphatic carbocycles. The molecule has 0 radical (unpaired) electrons. The van der Waals surface area contributed by atoms with Crippen molar-refractivity contribution in [1.82, 2.24) is 10.5 Å². The molecule has 1 aromatic heterocycles. The molecule has 208 valence electrons. The summed E-state index contributed by atoms with van der Waals surface area (Å²) in [7, 11) is 3.32. The Morgan fingerprint density at radius 2 is 1.92 bits per heavy atom. The predicted molar refractivity (Wildman–Crippen MR) is 156 cm³/mol. The number of halogens is 2. The number of benzene rings is 2. The summed E-state index contributed by atoms with van der Waals surface area (Å²) in [6.07, 6.45) is 4.17. The van der Waals surface area contributed by atoms with Crippen molar-refractivity contribution in [3.63, 3.8) is 0 Å². The highest BCUT2D eigenvalue weighted by Gasteiger charge is 2.11. The summed E-state index contributed by atoms with van der Waals surface area (Å²) in [6.45, 7) is 11.5. The molecule has 9 heteroatoms. The molecule has 1 heterocycles. The Morgan fingerprint density at radius 3 is 2.54 bits per heavy atom. The van der Waals surface area contributed by atoms with Gasteiger partial charge in [-0.3, -0.25) is 15.3 Å². The molecule has 39 heavy (non-hydrogen) atoms. The van der Waals surface area contributed by atoms with Crippen molar-refractivity contribution in [2.24, 2.45) is 9.98 Å². The molecule has 2 N–H and O–H groups in total. The third kappa shape index (κ3) is 10.0. The van der Waals surface area contributed by atoms with Crippen LogP contribution in [0.2, 0.25) is 0 Å². The van der Waals surface area contributed by atoms with Crippen LogP contribution in [0.4, 0.5) is 14.5 Å². The van der Waals surface area contributed by atoms with Gasteiger partial charge in [0.25, 0.3) is 0 Å². The van der Waals surface area contributed by atoms with Crippen LogP contribution in [0.5, 0.6) is 0 Å². The van der Waals surface area contributed by atoms with E-state index in [4.69, 9.17) is 9.26 Å². The zero-order chi connectivity index (χ0) is 28.6. The minimum atomic E-state index is -0.894. The van der Waals surface area contributed by atoms with E-state index in [0.29, 0.717) is 30.3 Å². The first-order valence-electron chi connectivity index (χ1n) is 12.6. The van der Waals surface area contributed by atoms with Gasteiger partial charge in [-0.2, -0.15) is 0 Å². The van der Waals surface area contributed by atoms with E-state index in [0.717, 1.165) is 41.7 Å². The molecule has 7 nitrogen and oxygen atoms in total. The van der Waals surface area contributed by atoms with Gasteiger partial charge in [0.2, 0.25) is 0 Å². The molecule has 0 bridgehead atoms. The van der Waals surface area contributed by atoms with Gasteiger partial charge in [0.1, 0.15) is 11.5 Å². The number of hydrogen-bond acceptors (Lipinski definition) is 7. The van der Waals surface area contributed by atoms with Crippen molar-refractivity contribution in [3.05, 3.63) is 95.4 Å². The zero-order valence-corrected chi connectivity index (χ0v) is 23.2. The number of nitrogens with one attached hydrogen (secondary N) is 2. The SMILES string of the molecule is C=C(C=NC)/C(=C\C)N=C(C)c1cccc(F)c1F.CCc1cc(-c2ccc(NCNCCOC)cc2)no1. The number of methoxy groups -OCH3 is 1. The summed E-state index contributed by atoms with van der Waals surface area (Å²) >= 11 is 0. The first-order chi connectivity index (χ1) is 18.8. The maximum Gasteiger partial charge on any atom is 0.167 e.